The molecule has 1 amide bonds. The van der Waals surface area contributed by atoms with Gasteiger partial charge in [0.25, 0.3) is 0 Å². The van der Waals surface area contributed by atoms with Crippen molar-refractivity contribution in [3.8, 4) is 0 Å². The molecule has 1 unspecified atom stereocenters. The minimum absolute atomic E-state index is 0.259. The lowest BCUT2D eigenvalue weighted by atomic mass is 10.2. The highest BCUT2D eigenvalue weighted by molar-refractivity contribution is 5.96. The Morgan fingerprint density at radius 2 is 2.38 bits per heavy atom. The van der Waals surface area contributed by atoms with Crippen LogP contribution in [0.25, 0.3) is 0 Å². The number of likely N-dealkylation sites (N-methyl/N-ethyl adjacent to an activating group) is 1. The summed E-state index contributed by atoms with van der Waals surface area (Å²) in [6, 6.07) is 5.19. The van der Waals surface area contributed by atoms with Crippen LogP contribution >= 0.6 is 0 Å². The summed E-state index contributed by atoms with van der Waals surface area (Å²) in [5.74, 6) is -0.639. The number of hydrogen-bond acceptors (Lipinski definition) is 2. The van der Waals surface area contributed by atoms with E-state index in [1.807, 2.05) is 0 Å². The summed E-state index contributed by atoms with van der Waals surface area (Å²) in [6.07, 6.45) is 1.99. The van der Waals surface area contributed by atoms with Crippen LogP contribution in [-0.2, 0) is 4.79 Å². The number of carbonyl (C=O) groups is 1. The van der Waals surface area contributed by atoms with Gasteiger partial charge in [-0.3, -0.25) is 4.79 Å². The van der Waals surface area contributed by atoms with E-state index in [-0.39, 0.29) is 11.7 Å². The van der Waals surface area contributed by atoms with E-state index in [1.54, 1.807) is 25.3 Å². The Hall–Kier alpha value is -1.68. The molecular formula is C12H15FN2O. The molecule has 4 heteroatoms. The first-order valence-electron chi connectivity index (χ1n) is 4.96. The summed E-state index contributed by atoms with van der Waals surface area (Å²) in [5, 5.41) is 0. The van der Waals surface area contributed by atoms with E-state index in [0.29, 0.717) is 12.1 Å². The van der Waals surface area contributed by atoms with E-state index < -0.39 is 6.04 Å². The highest BCUT2D eigenvalue weighted by atomic mass is 19.1. The van der Waals surface area contributed by atoms with E-state index >= 15 is 0 Å². The van der Waals surface area contributed by atoms with Crippen LogP contribution in [0.2, 0.25) is 0 Å². The number of carbonyl (C=O) groups excluding carboxylic acids is 1. The maximum Gasteiger partial charge on any atom is 0.243 e. The lowest BCUT2D eigenvalue weighted by molar-refractivity contribution is -0.119. The van der Waals surface area contributed by atoms with Gasteiger partial charge in [0.15, 0.2) is 0 Å². The molecule has 1 atom stereocenters. The molecule has 0 saturated heterocycles. The molecule has 1 rings (SSSR count). The molecular weight excluding hydrogens is 207 g/mol. The molecule has 0 spiro atoms. The van der Waals surface area contributed by atoms with Gasteiger partial charge in [0.05, 0.1) is 6.04 Å². The summed E-state index contributed by atoms with van der Waals surface area (Å²) in [7, 11) is 1.57. The zero-order chi connectivity index (χ0) is 12.1. The number of anilines is 1. The van der Waals surface area contributed by atoms with E-state index in [4.69, 9.17) is 5.73 Å². The van der Waals surface area contributed by atoms with Gasteiger partial charge in [-0.1, -0.05) is 12.1 Å². The molecule has 0 saturated carbocycles. The predicted octanol–water partition coefficient (Wildman–Crippen LogP) is 1.69. The molecule has 0 aromatic heterocycles. The third-order valence-corrected chi connectivity index (χ3v) is 2.26. The van der Waals surface area contributed by atoms with Crippen molar-refractivity contribution < 1.29 is 9.18 Å². The average Bonchev–Trinajstić information content (AvgIpc) is 2.27. The Bertz CT molecular complexity index is 392. The van der Waals surface area contributed by atoms with Crippen LogP contribution in [-0.4, -0.2) is 19.0 Å². The van der Waals surface area contributed by atoms with Crippen molar-refractivity contribution >= 4 is 11.6 Å². The van der Waals surface area contributed by atoms with Gasteiger partial charge in [0.1, 0.15) is 5.82 Å². The second kappa shape index (κ2) is 5.42. The topological polar surface area (TPSA) is 46.3 Å². The molecule has 0 aliphatic rings. The maximum atomic E-state index is 13.0. The van der Waals surface area contributed by atoms with Crippen LogP contribution in [0.1, 0.15) is 6.42 Å². The lowest BCUT2D eigenvalue weighted by Crippen LogP contribution is -2.41. The van der Waals surface area contributed by atoms with Crippen LogP contribution in [0.5, 0.6) is 0 Å². The summed E-state index contributed by atoms with van der Waals surface area (Å²) in [5.41, 5.74) is 6.14. The molecule has 2 N–H and O–H groups in total. The van der Waals surface area contributed by atoms with Gasteiger partial charge in [0, 0.05) is 12.7 Å². The number of rotatable bonds is 4. The van der Waals surface area contributed by atoms with Crippen molar-refractivity contribution in [3.63, 3.8) is 0 Å². The number of nitrogens with two attached hydrogens (primary N) is 1. The largest absolute Gasteiger partial charge is 0.320 e. The van der Waals surface area contributed by atoms with Gasteiger partial charge < -0.3 is 10.6 Å². The summed E-state index contributed by atoms with van der Waals surface area (Å²) >= 11 is 0. The van der Waals surface area contributed by atoms with E-state index in [2.05, 4.69) is 6.58 Å². The molecule has 0 bridgehead atoms. The molecule has 0 radical (unpaired) electrons. The third-order valence-electron chi connectivity index (χ3n) is 2.26. The molecule has 0 fully saturated rings. The van der Waals surface area contributed by atoms with E-state index in [9.17, 15) is 9.18 Å². The Morgan fingerprint density at radius 3 is 2.94 bits per heavy atom. The quantitative estimate of drug-likeness (QED) is 0.788. The summed E-state index contributed by atoms with van der Waals surface area (Å²) < 4.78 is 13.0. The number of halogens is 1. The standard InChI is InChI=1S/C12H15FN2O/c1-3-5-11(14)12(16)15(2)10-7-4-6-9(13)8-10/h3-4,6-8,11H,1,5,14H2,2H3. The fourth-order valence-electron chi connectivity index (χ4n) is 1.34. The van der Waals surface area contributed by atoms with Gasteiger partial charge >= 0.3 is 0 Å². The van der Waals surface area contributed by atoms with Crippen LogP contribution in [0, 0.1) is 5.82 Å². The molecule has 86 valence electrons. The zero-order valence-corrected chi connectivity index (χ0v) is 9.19. The number of amides is 1. The van der Waals surface area contributed by atoms with Gasteiger partial charge in [-0.2, -0.15) is 0 Å². The number of hydrogen-bond donors (Lipinski definition) is 1. The van der Waals surface area contributed by atoms with Gasteiger partial charge in [-0.05, 0) is 24.6 Å². The minimum atomic E-state index is -0.634. The molecule has 1 aromatic carbocycles. The monoisotopic (exact) mass is 222 g/mol. The lowest BCUT2D eigenvalue weighted by Gasteiger charge is -2.20. The van der Waals surface area contributed by atoms with Gasteiger partial charge in [-0.15, -0.1) is 6.58 Å². The van der Waals surface area contributed by atoms with Crippen LogP contribution in [0.3, 0.4) is 0 Å². The second-order valence-electron chi connectivity index (χ2n) is 3.51. The molecule has 0 heterocycles. The Balaban J connectivity index is 2.81. The molecule has 3 nitrogen and oxygen atoms in total. The smallest absolute Gasteiger partial charge is 0.243 e. The summed E-state index contributed by atoms with van der Waals surface area (Å²) in [6.45, 7) is 3.52. The van der Waals surface area contributed by atoms with Crippen LogP contribution in [0.4, 0.5) is 10.1 Å². The van der Waals surface area contributed by atoms with Crippen LogP contribution in [0.15, 0.2) is 36.9 Å². The highest BCUT2D eigenvalue weighted by Gasteiger charge is 2.17. The van der Waals surface area contributed by atoms with Crippen molar-refractivity contribution in [2.75, 3.05) is 11.9 Å². The molecule has 0 aliphatic heterocycles. The fraction of sp³-hybridized carbons (Fsp3) is 0.250. The maximum absolute atomic E-state index is 13.0. The Kier molecular flexibility index (Phi) is 4.19. The molecule has 16 heavy (non-hydrogen) atoms. The first kappa shape index (κ1) is 12.4. The van der Waals surface area contributed by atoms with Crippen molar-refractivity contribution in [3.05, 3.63) is 42.7 Å². The predicted molar refractivity (Wildman–Crippen MR) is 62.6 cm³/mol. The van der Waals surface area contributed by atoms with Gasteiger partial charge in [-0.25, -0.2) is 4.39 Å². The normalized spacial score (nSPS) is 11.9. The minimum Gasteiger partial charge on any atom is -0.320 e. The summed E-state index contributed by atoms with van der Waals surface area (Å²) in [4.78, 5) is 13.1. The first-order chi connectivity index (χ1) is 7.56. The van der Waals surface area contributed by atoms with Crippen molar-refractivity contribution in [1.29, 1.82) is 0 Å². The molecule has 1 aromatic rings. The first-order valence-corrected chi connectivity index (χ1v) is 4.96. The average molecular weight is 222 g/mol. The van der Waals surface area contributed by atoms with Crippen molar-refractivity contribution in [1.82, 2.24) is 0 Å². The third kappa shape index (κ3) is 2.90. The fourth-order valence-corrected chi connectivity index (χ4v) is 1.34. The van der Waals surface area contributed by atoms with E-state index in [1.165, 1.54) is 17.0 Å². The molecule has 0 aliphatic carbocycles. The highest BCUT2D eigenvalue weighted by Crippen LogP contribution is 2.14. The Labute approximate surface area is 94.4 Å². The zero-order valence-electron chi connectivity index (χ0n) is 9.19. The van der Waals surface area contributed by atoms with Crippen LogP contribution < -0.4 is 10.6 Å². The second-order valence-corrected chi connectivity index (χ2v) is 3.51. The van der Waals surface area contributed by atoms with E-state index in [0.717, 1.165) is 0 Å². The SMILES string of the molecule is C=CCC(N)C(=O)N(C)c1cccc(F)c1. The van der Waals surface area contributed by atoms with Gasteiger partial charge in [0.2, 0.25) is 5.91 Å². The number of nitrogens with zero attached hydrogens (tertiary/aromatic N) is 1. The Morgan fingerprint density at radius 1 is 1.69 bits per heavy atom. The number of benzene rings is 1. The van der Waals surface area contributed by atoms with Crippen molar-refractivity contribution in [2.24, 2.45) is 5.73 Å². The van der Waals surface area contributed by atoms with Crippen molar-refractivity contribution in [2.45, 2.75) is 12.5 Å².